The average molecular weight is 743 g/mol. The van der Waals surface area contributed by atoms with Crippen molar-refractivity contribution in [1.82, 2.24) is 20.3 Å². The summed E-state index contributed by atoms with van der Waals surface area (Å²) < 4.78 is 27.6. The second-order valence-corrected chi connectivity index (χ2v) is 17.5. The van der Waals surface area contributed by atoms with E-state index in [0.717, 1.165) is 16.7 Å². The number of sulfonamides is 1. The van der Waals surface area contributed by atoms with Crippen molar-refractivity contribution in [2.45, 2.75) is 91.6 Å². The molecule has 53 heavy (non-hydrogen) atoms. The highest BCUT2D eigenvalue weighted by Gasteiger charge is 2.41. The van der Waals surface area contributed by atoms with Gasteiger partial charge in [0.15, 0.2) is 0 Å². The topological polar surface area (TPSA) is 125 Å². The van der Waals surface area contributed by atoms with Gasteiger partial charge in [0, 0.05) is 18.0 Å². The molecular formula is C43H58N4O5S. The van der Waals surface area contributed by atoms with Crippen molar-refractivity contribution in [3.63, 3.8) is 0 Å². The molecule has 10 heteroatoms. The Bertz CT molecular complexity index is 1880. The third-order valence-corrected chi connectivity index (χ3v) is 10.8. The molecule has 0 aromatic heterocycles. The van der Waals surface area contributed by atoms with E-state index in [9.17, 15) is 22.8 Å². The summed E-state index contributed by atoms with van der Waals surface area (Å²) in [7, 11) is -0.582. The van der Waals surface area contributed by atoms with E-state index in [1.807, 2.05) is 72.7 Å². The van der Waals surface area contributed by atoms with Crippen LogP contribution in [0.1, 0.15) is 83.2 Å². The molecule has 3 aromatic carbocycles. The molecule has 0 heterocycles. The molecule has 0 spiro atoms. The van der Waals surface area contributed by atoms with Crippen LogP contribution in [-0.2, 0) is 35.6 Å². The molecule has 3 rings (SSSR count). The Morgan fingerprint density at radius 1 is 0.811 bits per heavy atom. The summed E-state index contributed by atoms with van der Waals surface area (Å²) in [6.45, 7) is 17.1. The molecule has 0 saturated heterocycles. The first-order chi connectivity index (χ1) is 24.7. The first-order valence-electron chi connectivity index (χ1n) is 18.0. The van der Waals surface area contributed by atoms with Crippen LogP contribution >= 0.6 is 0 Å². The van der Waals surface area contributed by atoms with Crippen molar-refractivity contribution < 1.29 is 22.8 Å². The number of aryl methyl sites for hydroxylation is 1. The van der Waals surface area contributed by atoms with E-state index in [1.54, 1.807) is 50.5 Å². The zero-order chi connectivity index (χ0) is 39.7. The van der Waals surface area contributed by atoms with Gasteiger partial charge in [-0.3, -0.25) is 14.4 Å². The normalized spacial score (nSPS) is 14.5. The largest absolute Gasteiger partial charge is 0.342 e. The van der Waals surface area contributed by atoms with E-state index in [0.29, 0.717) is 5.56 Å². The van der Waals surface area contributed by atoms with Gasteiger partial charge < -0.3 is 15.5 Å². The molecule has 0 aliphatic rings. The number of likely N-dealkylation sites (N-methyl/N-ethyl adjacent to an activating group) is 2. The quantitative estimate of drug-likeness (QED) is 0.119. The van der Waals surface area contributed by atoms with Crippen LogP contribution in [0.25, 0.3) is 12.2 Å². The number of benzene rings is 3. The second kappa shape index (κ2) is 18.0. The lowest BCUT2D eigenvalue weighted by atomic mass is 9.76. The maximum absolute atomic E-state index is 14.3. The van der Waals surface area contributed by atoms with Crippen LogP contribution in [0, 0.1) is 18.3 Å². The maximum atomic E-state index is 14.3. The van der Waals surface area contributed by atoms with Crippen LogP contribution in [-0.4, -0.2) is 63.3 Å². The Balaban J connectivity index is 1.78. The number of hydrogen-bond donors (Lipinski definition) is 3. The molecule has 3 N–H and O–H groups in total. The Kier molecular flexibility index (Phi) is 14.6. The summed E-state index contributed by atoms with van der Waals surface area (Å²) in [5.41, 5.74) is 3.71. The maximum Gasteiger partial charge on any atom is 0.260 e. The van der Waals surface area contributed by atoms with E-state index in [1.165, 1.54) is 17.4 Å². The Hall–Kier alpha value is -4.54. The number of hydrogen-bond acceptors (Lipinski definition) is 6. The standard InChI is InChI=1S/C43H58N4O5S/c1-29(2)36(27-31(4)39(48)46-53(51,52)28-34-15-13-12-14-16-34)47(11)41(50)38(42(5,6)7)45-40(49)37(44-10)43(8,9)35-25-23-33(24-26-35)22-21-32-19-17-30(3)18-20-32/h12-27,29,36-38,44H,28H2,1-11H3,(H,45,49)(H,46,48)/t36-,37-,38-/m1/s1. The highest BCUT2D eigenvalue weighted by atomic mass is 32.2. The lowest BCUT2D eigenvalue weighted by molar-refractivity contribution is -0.140. The number of rotatable bonds is 15. The highest BCUT2D eigenvalue weighted by Crippen LogP contribution is 2.30. The average Bonchev–Trinajstić information content (AvgIpc) is 3.08. The van der Waals surface area contributed by atoms with Gasteiger partial charge in [0.2, 0.25) is 21.8 Å². The van der Waals surface area contributed by atoms with Gasteiger partial charge in [-0.2, -0.15) is 0 Å². The summed E-state index contributed by atoms with van der Waals surface area (Å²) >= 11 is 0. The number of carbonyl (C=O) groups excluding carboxylic acids is 3. The van der Waals surface area contributed by atoms with Crippen molar-refractivity contribution in [2.75, 3.05) is 14.1 Å². The van der Waals surface area contributed by atoms with Gasteiger partial charge in [0.1, 0.15) is 6.04 Å². The molecule has 0 fully saturated rings. The fraction of sp³-hybridized carbons (Fsp3) is 0.419. The summed E-state index contributed by atoms with van der Waals surface area (Å²) in [4.78, 5) is 42.9. The molecule has 3 atom stereocenters. The lowest BCUT2D eigenvalue weighted by Gasteiger charge is -2.40. The van der Waals surface area contributed by atoms with Gasteiger partial charge in [0.05, 0.1) is 17.8 Å². The summed E-state index contributed by atoms with van der Waals surface area (Å²) in [5, 5.41) is 6.25. The van der Waals surface area contributed by atoms with Crippen molar-refractivity contribution in [1.29, 1.82) is 0 Å². The molecule has 0 unspecified atom stereocenters. The Labute approximate surface area is 317 Å². The van der Waals surface area contributed by atoms with Crippen LogP contribution in [0.5, 0.6) is 0 Å². The molecule has 9 nitrogen and oxygen atoms in total. The first kappa shape index (κ1) is 42.9. The SMILES string of the molecule is CN[C@H](C(=O)N[C@H](C(=O)N(C)[C@H](C=C(C)C(=O)NS(=O)(=O)Cc1ccccc1)C(C)C)C(C)(C)C)C(C)(C)c1ccc(C=Cc2ccc(C)cc2)cc1. The van der Waals surface area contributed by atoms with E-state index >= 15 is 0 Å². The number of nitrogens with one attached hydrogen (secondary N) is 3. The zero-order valence-electron chi connectivity index (χ0n) is 33.2. The molecule has 3 amide bonds. The van der Waals surface area contributed by atoms with Gasteiger partial charge >= 0.3 is 0 Å². The molecule has 3 aromatic rings. The van der Waals surface area contributed by atoms with Crippen LogP contribution in [0.4, 0.5) is 0 Å². The van der Waals surface area contributed by atoms with Crippen LogP contribution in [0.3, 0.4) is 0 Å². The predicted molar refractivity (Wildman–Crippen MR) is 216 cm³/mol. The Morgan fingerprint density at radius 2 is 1.34 bits per heavy atom. The van der Waals surface area contributed by atoms with Crippen molar-refractivity contribution >= 4 is 39.9 Å². The van der Waals surface area contributed by atoms with Gasteiger partial charge in [-0.15, -0.1) is 0 Å². The highest BCUT2D eigenvalue weighted by molar-refractivity contribution is 7.89. The number of amides is 3. The Morgan fingerprint density at radius 3 is 1.83 bits per heavy atom. The molecule has 0 radical (unpaired) electrons. The van der Waals surface area contributed by atoms with Crippen LogP contribution < -0.4 is 15.4 Å². The van der Waals surface area contributed by atoms with E-state index in [-0.39, 0.29) is 29.1 Å². The molecule has 0 saturated carbocycles. The van der Waals surface area contributed by atoms with Crippen LogP contribution in [0.2, 0.25) is 0 Å². The third-order valence-electron chi connectivity index (χ3n) is 9.58. The van der Waals surface area contributed by atoms with Crippen molar-refractivity contribution in [3.8, 4) is 0 Å². The molecule has 0 aliphatic carbocycles. The number of nitrogens with zero attached hydrogens (tertiary/aromatic N) is 1. The molecular weight excluding hydrogens is 685 g/mol. The van der Waals surface area contributed by atoms with Gasteiger partial charge in [-0.25, -0.2) is 13.1 Å². The molecule has 0 aliphatic heterocycles. The fourth-order valence-electron chi connectivity index (χ4n) is 6.24. The van der Waals surface area contributed by atoms with Crippen molar-refractivity contribution in [2.24, 2.45) is 11.3 Å². The van der Waals surface area contributed by atoms with Gasteiger partial charge in [0.25, 0.3) is 5.91 Å². The number of carbonyl (C=O) groups is 3. The summed E-state index contributed by atoms with van der Waals surface area (Å²) in [6, 6.07) is 22.9. The first-order valence-corrected chi connectivity index (χ1v) is 19.7. The van der Waals surface area contributed by atoms with E-state index < -0.39 is 44.9 Å². The third kappa shape index (κ3) is 12.0. The monoisotopic (exact) mass is 742 g/mol. The lowest BCUT2D eigenvalue weighted by Crippen LogP contribution is -2.61. The molecule has 0 bridgehead atoms. The minimum absolute atomic E-state index is 0.136. The van der Waals surface area contributed by atoms with Gasteiger partial charge in [-0.1, -0.05) is 151 Å². The smallest absolute Gasteiger partial charge is 0.260 e. The minimum atomic E-state index is -3.95. The summed E-state index contributed by atoms with van der Waals surface area (Å²) in [5.74, 6) is -1.89. The van der Waals surface area contributed by atoms with E-state index in [2.05, 4.69) is 58.7 Å². The predicted octanol–water partition coefficient (Wildman–Crippen LogP) is 6.64. The minimum Gasteiger partial charge on any atom is -0.342 e. The van der Waals surface area contributed by atoms with Crippen molar-refractivity contribution in [3.05, 3.63) is 118 Å². The zero-order valence-corrected chi connectivity index (χ0v) is 34.0. The fourth-order valence-corrected chi connectivity index (χ4v) is 7.39. The summed E-state index contributed by atoms with van der Waals surface area (Å²) in [6.07, 6.45) is 5.73. The van der Waals surface area contributed by atoms with Gasteiger partial charge in [-0.05, 0) is 54.5 Å². The van der Waals surface area contributed by atoms with Crippen LogP contribution in [0.15, 0.2) is 90.5 Å². The molecule has 286 valence electrons. The second-order valence-electron chi connectivity index (χ2n) is 15.8. The van der Waals surface area contributed by atoms with E-state index in [4.69, 9.17) is 0 Å².